The summed E-state index contributed by atoms with van der Waals surface area (Å²) in [5, 5.41) is 4.44. The zero-order valence-corrected chi connectivity index (χ0v) is 18.8. The van der Waals surface area contributed by atoms with Crippen LogP contribution in [0.15, 0.2) is 23.1 Å². The lowest BCUT2D eigenvalue weighted by atomic mass is 10.2. The fraction of sp³-hybridized carbons (Fsp3) is 0.550. The molecule has 0 radical (unpaired) electrons. The Bertz CT molecular complexity index is 909. The molecule has 172 valence electrons. The molecule has 0 bridgehead atoms. The van der Waals surface area contributed by atoms with Crippen LogP contribution in [0.2, 0.25) is 0 Å². The summed E-state index contributed by atoms with van der Waals surface area (Å²) >= 11 is 0. The van der Waals surface area contributed by atoms with Crippen LogP contribution in [-0.4, -0.2) is 63.5 Å². The predicted molar refractivity (Wildman–Crippen MR) is 112 cm³/mol. The maximum Gasteiger partial charge on any atom is 0.342 e. The third-order valence-electron chi connectivity index (χ3n) is 4.82. The van der Waals surface area contributed by atoms with Crippen molar-refractivity contribution in [3.05, 3.63) is 23.8 Å². The van der Waals surface area contributed by atoms with E-state index in [1.807, 2.05) is 0 Å². The predicted octanol–water partition coefficient (Wildman–Crippen LogP) is 1.65. The highest BCUT2D eigenvalue weighted by atomic mass is 32.2. The van der Waals surface area contributed by atoms with Crippen LogP contribution in [0.1, 0.15) is 49.9 Å². The first-order valence-corrected chi connectivity index (χ1v) is 11.6. The molecule has 3 amide bonds. The number of imide groups is 1. The van der Waals surface area contributed by atoms with Gasteiger partial charge in [-0.25, -0.2) is 18.0 Å². The lowest BCUT2D eigenvalue weighted by Gasteiger charge is -2.21. The van der Waals surface area contributed by atoms with E-state index >= 15 is 0 Å². The van der Waals surface area contributed by atoms with Gasteiger partial charge in [0.15, 0.2) is 6.10 Å². The third kappa shape index (κ3) is 6.41. The van der Waals surface area contributed by atoms with Crippen LogP contribution >= 0.6 is 0 Å². The normalized spacial score (nSPS) is 16.0. The zero-order valence-electron chi connectivity index (χ0n) is 18.0. The average Bonchev–Trinajstić information content (AvgIpc) is 3.03. The molecule has 2 rings (SSSR count). The van der Waals surface area contributed by atoms with Crippen molar-refractivity contribution < 1.29 is 32.3 Å². The first-order valence-electron chi connectivity index (χ1n) is 10.2. The molecule has 0 unspecified atom stereocenters. The number of ether oxygens (including phenoxy) is 2. The summed E-state index contributed by atoms with van der Waals surface area (Å²) in [7, 11) is -2.46. The van der Waals surface area contributed by atoms with Gasteiger partial charge in [-0.05, 0) is 44.9 Å². The Morgan fingerprint density at radius 3 is 2.35 bits per heavy atom. The van der Waals surface area contributed by atoms with Crippen LogP contribution in [0.5, 0.6) is 5.75 Å². The van der Waals surface area contributed by atoms with Crippen LogP contribution in [0.4, 0.5) is 4.79 Å². The van der Waals surface area contributed by atoms with E-state index in [4.69, 9.17) is 9.47 Å². The number of benzene rings is 1. The van der Waals surface area contributed by atoms with Crippen molar-refractivity contribution in [1.29, 1.82) is 0 Å². The summed E-state index contributed by atoms with van der Waals surface area (Å²) in [6, 6.07) is 3.23. The van der Waals surface area contributed by atoms with Gasteiger partial charge in [-0.15, -0.1) is 0 Å². The average molecular weight is 456 g/mol. The molecule has 1 atom stereocenters. The first kappa shape index (κ1) is 24.6. The smallest absolute Gasteiger partial charge is 0.342 e. The summed E-state index contributed by atoms with van der Waals surface area (Å²) in [5.74, 6) is -1.65. The van der Waals surface area contributed by atoms with Gasteiger partial charge in [0.1, 0.15) is 11.3 Å². The van der Waals surface area contributed by atoms with Gasteiger partial charge in [0.05, 0.1) is 12.0 Å². The molecule has 1 heterocycles. The minimum atomic E-state index is -3.80. The maximum atomic E-state index is 13.1. The quantitative estimate of drug-likeness (QED) is 0.598. The number of hydrogen-bond acceptors (Lipinski definition) is 7. The molecular weight excluding hydrogens is 426 g/mol. The van der Waals surface area contributed by atoms with E-state index in [9.17, 15) is 22.8 Å². The maximum absolute atomic E-state index is 13.1. The lowest BCUT2D eigenvalue weighted by molar-refractivity contribution is -0.127. The Morgan fingerprint density at radius 2 is 1.77 bits per heavy atom. The largest absolute Gasteiger partial charge is 0.496 e. The molecule has 0 spiro atoms. The Morgan fingerprint density at radius 1 is 1.13 bits per heavy atom. The lowest BCUT2D eigenvalue weighted by Crippen LogP contribution is -2.44. The van der Waals surface area contributed by atoms with E-state index in [1.165, 1.54) is 36.5 Å². The number of nitrogens with one attached hydrogen (secondary N) is 2. The molecule has 1 saturated heterocycles. The number of hydrogen-bond donors (Lipinski definition) is 2. The Kier molecular flexibility index (Phi) is 8.81. The van der Waals surface area contributed by atoms with Crippen molar-refractivity contribution >= 4 is 27.9 Å². The first-order chi connectivity index (χ1) is 14.7. The second-order valence-electron chi connectivity index (χ2n) is 7.08. The molecule has 11 heteroatoms. The molecule has 0 saturated carbocycles. The Labute approximate surface area is 182 Å². The summed E-state index contributed by atoms with van der Waals surface area (Å²) < 4.78 is 37.8. The number of carbonyl (C=O) groups excluding carboxylic acids is 3. The van der Waals surface area contributed by atoms with Crippen LogP contribution in [0.3, 0.4) is 0 Å². The van der Waals surface area contributed by atoms with Gasteiger partial charge >= 0.3 is 12.0 Å². The molecule has 0 aromatic heterocycles. The highest BCUT2D eigenvalue weighted by Crippen LogP contribution is 2.27. The van der Waals surface area contributed by atoms with Crippen molar-refractivity contribution in [2.24, 2.45) is 0 Å². The number of esters is 1. The molecule has 10 nitrogen and oxygen atoms in total. The standard InChI is InChI=1S/C20H29N3O7S/c1-4-21-20(26)22-18(24)14(2)30-19(25)16-13-15(9-10-17(16)29-3)31(27,28)23-11-7-5-6-8-12-23/h9-10,13-14H,4-8,11-12H2,1-3H3,(H2,21,22,24,26)/t14-/m1/s1. The van der Waals surface area contributed by atoms with E-state index < -0.39 is 34.0 Å². The van der Waals surface area contributed by atoms with Gasteiger partial charge in [-0.2, -0.15) is 4.31 Å². The zero-order chi connectivity index (χ0) is 23.0. The van der Waals surface area contributed by atoms with Crippen LogP contribution in [0, 0.1) is 0 Å². The van der Waals surface area contributed by atoms with Crippen LogP contribution in [0.25, 0.3) is 0 Å². The van der Waals surface area contributed by atoms with Gasteiger partial charge in [-0.1, -0.05) is 12.8 Å². The van der Waals surface area contributed by atoms with Gasteiger partial charge in [0.25, 0.3) is 5.91 Å². The minimum absolute atomic E-state index is 0.0541. The highest BCUT2D eigenvalue weighted by Gasteiger charge is 2.28. The molecule has 1 aliphatic heterocycles. The van der Waals surface area contributed by atoms with Crippen molar-refractivity contribution in [1.82, 2.24) is 14.9 Å². The fourth-order valence-corrected chi connectivity index (χ4v) is 4.68. The van der Waals surface area contributed by atoms with Crippen molar-refractivity contribution in [3.63, 3.8) is 0 Å². The molecular formula is C20H29N3O7S. The number of rotatable bonds is 7. The second-order valence-corrected chi connectivity index (χ2v) is 9.01. The van der Waals surface area contributed by atoms with Crippen molar-refractivity contribution in [2.45, 2.75) is 50.5 Å². The second kappa shape index (κ2) is 11.1. The summed E-state index contributed by atoms with van der Waals surface area (Å²) in [5.41, 5.74) is -0.129. The van der Waals surface area contributed by atoms with Gasteiger partial charge in [0.2, 0.25) is 10.0 Å². The third-order valence-corrected chi connectivity index (χ3v) is 6.72. The number of carbonyl (C=O) groups is 3. The van der Waals surface area contributed by atoms with E-state index in [-0.39, 0.29) is 16.2 Å². The Balaban J connectivity index is 2.22. The molecule has 31 heavy (non-hydrogen) atoms. The van der Waals surface area contributed by atoms with E-state index in [0.717, 1.165) is 25.7 Å². The Hall–Kier alpha value is -2.66. The minimum Gasteiger partial charge on any atom is -0.496 e. The van der Waals surface area contributed by atoms with E-state index in [0.29, 0.717) is 19.6 Å². The number of methoxy groups -OCH3 is 1. The van der Waals surface area contributed by atoms with Crippen molar-refractivity contribution in [3.8, 4) is 5.75 Å². The molecule has 1 aliphatic rings. The topological polar surface area (TPSA) is 131 Å². The summed E-state index contributed by atoms with van der Waals surface area (Å²) in [6.45, 7) is 4.16. The molecule has 1 aromatic rings. The van der Waals surface area contributed by atoms with Crippen LogP contribution in [-0.2, 0) is 19.6 Å². The fourth-order valence-electron chi connectivity index (χ4n) is 3.13. The monoisotopic (exact) mass is 455 g/mol. The molecule has 1 aromatic carbocycles. The number of sulfonamides is 1. The number of amides is 3. The summed E-state index contributed by atoms with van der Waals surface area (Å²) in [6.07, 6.45) is 2.22. The highest BCUT2D eigenvalue weighted by molar-refractivity contribution is 7.89. The molecule has 0 aliphatic carbocycles. The van der Waals surface area contributed by atoms with Crippen LogP contribution < -0.4 is 15.4 Å². The number of nitrogens with zero attached hydrogens (tertiary/aromatic N) is 1. The van der Waals surface area contributed by atoms with Gasteiger partial charge in [0, 0.05) is 19.6 Å². The summed E-state index contributed by atoms with van der Waals surface area (Å²) in [4.78, 5) is 36.1. The SMILES string of the molecule is CCNC(=O)NC(=O)[C@@H](C)OC(=O)c1cc(S(=O)(=O)N2CCCCCC2)ccc1OC. The van der Waals surface area contributed by atoms with Gasteiger partial charge in [-0.3, -0.25) is 10.1 Å². The van der Waals surface area contributed by atoms with E-state index in [2.05, 4.69) is 10.6 Å². The van der Waals surface area contributed by atoms with E-state index in [1.54, 1.807) is 6.92 Å². The van der Waals surface area contributed by atoms with Crippen molar-refractivity contribution in [2.75, 3.05) is 26.7 Å². The van der Waals surface area contributed by atoms with Gasteiger partial charge < -0.3 is 14.8 Å². The molecule has 2 N–H and O–H groups in total. The molecule has 1 fully saturated rings. The number of urea groups is 1.